The van der Waals surface area contributed by atoms with Crippen LogP contribution in [0.4, 0.5) is 16.2 Å². The number of primary amides is 1. The molecular weight excluding hydrogens is 254 g/mol. The van der Waals surface area contributed by atoms with Gasteiger partial charge in [-0.3, -0.25) is 4.79 Å². The highest BCUT2D eigenvalue weighted by molar-refractivity contribution is 6.20. The van der Waals surface area contributed by atoms with Crippen LogP contribution in [0.3, 0.4) is 0 Å². The highest BCUT2D eigenvalue weighted by Crippen LogP contribution is 2.21. The molecule has 6 heteroatoms. The SMILES string of the molecule is CC(C)(CCl)C(=O)Nc1ccc(NC(N)=O)cc1. The summed E-state index contributed by atoms with van der Waals surface area (Å²) < 4.78 is 0. The predicted octanol–water partition coefficient (Wildman–Crippen LogP) is 2.38. The van der Waals surface area contributed by atoms with E-state index in [-0.39, 0.29) is 11.8 Å². The van der Waals surface area contributed by atoms with Crippen molar-refractivity contribution in [3.63, 3.8) is 0 Å². The first-order valence-corrected chi connectivity index (χ1v) is 5.92. The summed E-state index contributed by atoms with van der Waals surface area (Å²) >= 11 is 5.71. The van der Waals surface area contributed by atoms with Gasteiger partial charge in [0.15, 0.2) is 0 Å². The van der Waals surface area contributed by atoms with E-state index in [2.05, 4.69) is 10.6 Å². The maximum Gasteiger partial charge on any atom is 0.316 e. The number of halogens is 1. The first-order valence-electron chi connectivity index (χ1n) is 5.39. The molecule has 1 aromatic carbocycles. The maximum absolute atomic E-state index is 11.8. The average Bonchev–Trinajstić information content (AvgIpc) is 2.31. The number of hydrogen-bond donors (Lipinski definition) is 3. The van der Waals surface area contributed by atoms with Crippen molar-refractivity contribution in [1.82, 2.24) is 0 Å². The van der Waals surface area contributed by atoms with Gasteiger partial charge >= 0.3 is 6.03 Å². The Kier molecular flexibility index (Phi) is 4.55. The molecule has 0 bridgehead atoms. The number of benzene rings is 1. The van der Waals surface area contributed by atoms with Crippen LogP contribution in [0.5, 0.6) is 0 Å². The predicted molar refractivity (Wildman–Crippen MR) is 72.8 cm³/mol. The first-order chi connectivity index (χ1) is 8.35. The van der Waals surface area contributed by atoms with Gasteiger partial charge in [-0.1, -0.05) is 0 Å². The molecule has 0 aliphatic heterocycles. The summed E-state index contributed by atoms with van der Waals surface area (Å²) in [5.41, 5.74) is 5.55. The molecule has 0 aliphatic carbocycles. The Hall–Kier alpha value is -1.75. The molecule has 0 heterocycles. The second kappa shape index (κ2) is 5.73. The number of nitrogens with one attached hydrogen (secondary N) is 2. The smallest absolute Gasteiger partial charge is 0.316 e. The van der Waals surface area contributed by atoms with Gasteiger partial charge < -0.3 is 16.4 Å². The molecule has 0 fully saturated rings. The van der Waals surface area contributed by atoms with E-state index in [9.17, 15) is 9.59 Å². The van der Waals surface area contributed by atoms with Crippen LogP contribution in [-0.4, -0.2) is 17.8 Å². The lowest BCUT2D eigenvalue weighted by molar-refractivity contribution is -0.122. The van der Waals surface area contributed by atoms with E-state index in [1.165, 1.54) is 0 Å². The molecule has 4 N–H and O–H groups in total. The zero-order valence-corrected chi connectivity index (χ0v) is 11.0. The van der Waals surface area contributed by atoms with E-state index in [1.54, 1.807) is 38.1 Å². The summed E-state index contributed by atoms with van der Waals surface area (Å²) in [5.74, 6) is 0.0771. The molecule has 0 saturated heterocycles. The molecule has 1 rings (SSSR count). The number of hydrogen-bond acceptors (Lipinski definition) is 2. The molecule has 5 nitrogen and oxygen atoms in total. The van der Waals surface area contributed by atoms with Crippen molar-refractivity contribution in [2.45, 2.75) is 13.8 Å². The fourth-order valence-electron chi connectivity index (χ4n) is 1.14. The second-order valence-corrected chi connectivity index (χ2v) is 4.81. The van der Waals surface area contributed by atoms with Crippen LogP contribution >= 0.6 is 11.6 Å². The lowest BCUT2D eigenvalue weighted by Gasteiger charge is -2.20. The van der Waals surface area contributed by atoms with Gasteiger partial charge in [0.2, 0.25) is 5.91 Å². The summed E-state index contributed by atoms with van der Waals surface area (Å²) in [4.78, 5) is 22.5. The minimum atomic E-state index is -0.633. The summed E-state index contributed by atoms with van der Waals surface area (Å²) in [6.45, 7) is 3.52. The molecular formula is C12H16ClN3O2. The van der Waals surface area contributed by atoms with Gasteiger partial charge in [0.1, 0.15) is 0 Å². The third kappa shape index (κ3) is 3.92. The van der Waals surface area contributed by atoms with E-state index in [4.69, 9.17) is 17.3 Å². The Bertz CT molecular complexity index is 443. The van der Waals surface area contributed by atoms with Crippen molar-refractivity contribution in [3.8, 4) is 0 Å². The van der Waals surface area contributed by atoms with Gasteiger partial charge in [0.05, 0.1) is 5.41 Å². The highest BCUT2D eigenvalue weighted by Gasteiger charge is 2.26. The molecule has 0 radical (unpaired) electrons. The van der Waals surface area contributed by atoms with E-state index < -0.39 is 11.4 Å². The van der Waals surface area contributed by atoms with Crippen LogP contribution < -0.4 is 16.4 Å². The van der Waals surface area contributed by atoms with Crippen molar-refractivity contribution >= 4 is 34.9 Å². The Balaban J connectivity index is 2.69. The fourth-order valence-corrected chi connectivity index (χ4v) is 1.26. The van der Waals surface area contributed by atoms with Crippen molar-refractivity contribution < 1.29 is 9.59 Å². The van der Waals surface area contributed by atoms with Crippen LogP contribution in [-0.2, 0) is 4.79 Å². The molecule has 0 saturated carbocycles. The monoisotopic (exact) mass is 269 g/mol. The topological polar surface area (TPSA) is 84.2 Å². The third-order valence-corrected chi connectivity index (χ3v) is 3.03. The van der Waals surface area contributed by atoms with E-state index in [1.807, 2.05) is 0 Å². The molecule has 1 aromatic rings. The van der Waals surface area contributed by atoms with Gasteiger partial charge in [-0.05, 0) is 38.1 Å². The van der Waals surface area contributed by atoms with Crippen LogP contribution in [0.2, 0.25) is 0 Å². The number of carbonyl (C=O) groups excluding carboxylic acids is 2. The van der Waals surface area contributed by atoms with Gasteiger partial charge in [-0.15, -0.1) is 11.6 Å². The van der Waals surface area contributed by atoms with Crippen LogP contribution in [0, 0.1) is 5.41 Å². The van der Waals surface area contributed by atoms with E-state index in [0.717, 1.165) is 0 Å². The summed E-state index contributed by atoms with van der Waals surface area (Å²) in [6, 6.07) is 6.01. The molecule has 98 valence electrons. The quantitative estimate of drug-likeness (QED) is 0.733. The lowest BCUT2D eigenvalue weighted by atomic mass is 9.95. The number of rotatable bonds is 4. The van der Waals surface area contributed by atoms with Crippen molar-refractivity contribution in [2.24, 2.45) is 11.1 Å². The Morgan fingerprint density at radius 3 is 2.00 bits per heavy atom. The number of carbonyl (C=O) groups is 2. The Morgan fingerprint density at radius 1 is 1.17 bits per heavy atom. The molecule has 0 atom stereocenters. The molecule has 0 aromatic heterocycles. The van der Waals surface area contributed by atoms with Crippen LogP contribution in [0.1, 0.15) is 13.8 Å². The minimum Gasteiger partial charge on any atom is -0.351 e. The van der Waals surface area contributed by atoms with Crippen LogP contribution in [0.15, 0.2) is 24.3 Å². The van der Waals surface area contributed by atoms with Gasteiger partial charge in [0.25, 0.3) is 0 Å². The first kappa shape index (κ1) is 14.3. The van der Waals surface area contributed by atoms with Crippen molar-refractivity contribution in [3.05, 3.63) is 24.3 Å². The molecule has 18 heavy (non-hydrogen) atoms. The van der Waals surface area contributed by atoms with Crippen LogP contribution in [0.25, 0.3) is 0 Å². The Morgan fingerprint density at radius 2 is 1.61 bits per heavy atom. The molecule has 0 spiro atoms. The highest BCUT2D eigenvalue weighted by atomic mass is 35.5. The van der Waals surface area contributed by atoms with E-state index >= 15 is 0 Å². The molecule has 0 aliphatic rings. The van der Waals surface area contributed by atoms with Crippen molar-refractivity contribution in [1.29, 1.82) is 0 Å². The number of nitrogens with two attached hydrogens (primary N) is 1. The molecule has 3 amide bonds. The maximum atomic E-state index is 11.8. The fraction of sp³-hybridized carbons (Fsp3) is 0.333. The number of anilines is 2. The normalized spacial score (nSPS) is 10.8. The standard InChI is InChI=1S/C12H16ClN3O2/c1-12(2,7-13)10(17)15-8-3-5-9(6-4-8)16-11(14)18/h3-6H,7H2,1-2H3,(H,15,17)(H3,14,16,18). The lowest BCUT2D eigenvalue weighted by Crippen LogP contribution is -2.32. The summed E-state index contributed by atoms with van der Waals surface area (Å²) in [7, 11) is 0. The average molecular weight is 270 g/mol. The van der Waals surface area contributed by atoms with Gasteiger partial charge in [-0.2, -0.15) is 0 Å². The number of urea groups is 1. The third-order valence-electron chi connectivity index (χ3n) is 2.36. The Labute approximate surface area is 111 Å². The number of alkyl halides is 1. The second-order valence-electron chi connectivity index (χ2n) is 4.54. The zero-order chi connectivity index (χ0) is 13.8. The largest absolute Gasteiger partial charge is 0.351 e. The summed E-state index contributed by atoms with van der Waals surface area (Å²) in [5, 5.41) is 5.18. The van der Waals surface area contributed by atoms with Gasteiger partial charge in [0, 0.05) is 17.3 Å². The number of amides is 3. The summed E-state index contributed by atoms with van der Waals surface area (Å²) in [6.07, 6.45) is 0. The molecule has 0 unspecified atom stereocenters. The van der Waals surface area contributed by atoms with Gasteiger partial charge in [-0.25, -0.2) is 4.79 Å². The minimum absolute atomic E-state index is 0.159. The van der Waals surface area contributed by atoms with E-state index in [0.29, 0.717) is 11.4 Å². The van der Waals surface area contributed by atoms with Crippen molar-refractivity contribution in [2.75, 3.05) is 16.5 Å². The zero-order valence-electron chi connectivity index (χ0n) is 10.3.